The van der Waals surface area contributed by atoms with E-state index in [2.05, 4.69) is 53.4 Å². The molecular weight excluding hydrogens is 415 g/mol. The Hall–Kier alpha value is -2.19. The highest BCUT2D eigenvalue weighted by atomic mass is 16.4. The smallest absolute Gasteiger partial charge is 0.451 e. The monoisotopic (exact) mass is 456 g/mol. The molecule has 0 spiro atoms. The summed E-state index contributed by atoms with van der Waals surface area (Å²) in [4.78, 5) is 14.1. The molecule has 0 radical (unpaired) electrons. The summed E-state index contributed by atoms with van der Waals surface area (Å²) in [5.74, 6) is -0.564. The minimum absolute atomic E-state index is 0.192. The molecule has 0 amide bonds. The predicted octanol–water partition coefficient (Wildman–Crippen LogP) is 4.02. The molecule has 7 heteroatoms. The van der Waals surface area contributed by atoms with Gasteiger partial charge in [0.2, 0.25) is 0 Å². The summed E-state index contributed by atoms with van der Waals surface area (Å²) in [5, 5.41) is 25.4. The van der Waals surface area contributed by atoms with Crippen LogP contribution in [0.1, 0.15) is 50.7 Å². The molecule has 2 atom stereocenters. The van der Waals surface area contributed by atoms with Gasteiger partial charge >= 0.3 is 13.1 Å². The maximum Gasteiger partial charge on any atom is 0.451 e. The van der Waals surface area contributed by atoms with E-state index in [1.54, 1.807) is 6.92 Å². The molecule has 2 unspecified atom stereocenters. The van der Waals surface area contributed by atoms with Crippen LogP contribution in [0.25, 0.3) is 0 Å². The van der Waals surface area contributed by atoms with Crippen molar-refractivity contribution in [3.63, 3.8) is 0 Å². The van der Waals surface area contributed by atoms with Crippen molar-refractivity contribution < 1.29 is 19.9 Å². The molecule has 0 bridgehead atoms. The highest BCUT2D eigenvalue weighted by Crippen LogP contribution is 2.31. The molecule has 0 aromatic heterocycles. The van der Waals surface area contributed by atoms with Crippen LogP contribution in [-0.4, -0.2) is 46.2 Å². The van der Waals surface area contributed by atoms with Crippen LogP contribution < -0.4 is 5.73 Å². The van der Waals surface area contributed by atoms with Crippen LogP contribution in [0.4, 0.5) is 0 Å². The molecule has 6 nitrogen and oxygen atoms in total. The van der Waals surface area contributed by atoms with Crippen LogP contribution in [0.15, 0.2) is 60.7 Å². The first-order chi connectivity index (χ1) is 15.9. The van der Waals surface area contributed by atoms with Crippen molar-refractivity contribution in [3.8, 4) is 0 Å². The topological polar surface area (TPSA) is 107 Å². The Kier molecular flexibility index (Phi) is 15.1. The van der Waals surface area contributed by atoms with Crippen molar-refractivity contribution in [1.82, 2.24) is 4.90 Å². The number of rotatable bonds is 8. The van der Waals surface area contributed by atoms with E-state index in [0.29, 0.717) is 6.32 Å². The van der Waals surface area contributed by atoms with Gasteiger partial charge in [-0.2, -0.15) is 0 Å². The van der Waals surface area contributed by atoms with Crippen molar-refractivity contribution in [2.24, 2.45) is 17.6 Å². The fourth-order valence-electron chi connectivity index (χ4n) is 3.95. The van der Waals surface area contributed by atoms with Crippen molar-refractivity contribution in [2.45, 2.75) is 58.9 Å². The third-order valence-electron chi connectivity index (χ3n) is 5.58. The standard InChI is InChI=1S/C22H27NO2.C2H7BO2.C2H7N/c24-22(25)21-14-8-7-13-20(21)17-23(15-18-9-3-1-4-10-18)16-19-11-5-2-6-12-19;1-2-3(4)5;1-2-3/h1-6,9-12,20-21H,7-8,13-17H2,(H,24,25);4-5H,2H2,1H3;2-3H2,1H3. The maximum atomic E-state index is 11.6. The molecule has 1 saturated carbocycles. The molecule has 0 heterocycles. The van der Waals surface area contributed by atoms with E-state index in [-0.39, 0.29) is 11.8 Å². The molecule has 2 aromatic carbocycles. The summed E-state index contributed by atoms with van der Waals surface area (Å²) in [6.45, 7) is 6.92. The number of carbonyl (C=O) groups is 1. The van der Waals surface area contributed by atoms with Crippen LogP contribution in [0.5, 0.6) is 0 Å². The van der Waals surface area contributed by atoms with Crippen molar-refractivity contribution >= 4 is 13.1 Å². The van der Waals surface area contributed by atoms with Crippen LogP contribution in [0.2, 0.25) is 6.32 Å². The van der Waals surface area contributed by atoms with E-state index in [0.717, 1.165) is 51.9 Å². The Morgan fingerprint density at radius 2 is 1.36 bits per heavy atom. The molecule has 1 fully saturated rings. The second-order valence-electron chi connectivity index (χ2n) is 8.43. The van der Waals surface area contributed by atoms with Gasteiger partial charge in [-0.15, -0.1) is 0 Å². The van der Waals surface area contributed by atoms with Gasteiger partial charge in [0.25, 0.3) is 0 Å². The molecule has 1 aliphatic rings. The van der Waals surface area contributed by atoms with E-state index in [9.17, 15) is 9.90 Å². The van der Waals surface area contributed by atoms with Gasteiger partial charge in [0, 0.05) is 19.6 Å². The van der Waals surface area contributed by atoms with Gasteiger partial charge < -0.3 is 20.9 Å². The molecule has 1 aliphatic carbocycles. The quantitative estimate of drug-likeness (QED) is 0.447. The number of nitrogens with zero attached hydrogens (tertiary/aromatic N) is 1. The van der Waals surface area contributed by atoms with Gasteiger partial charge in [-0.3, -0.25) is 9.69 Å². The number of benzene rings is 2. The molecular formula is C26H41BN2O4. The number of carboxylic acids is 1. The fraction of sp³-hybridized carbons (Fsp3) is 0.500. The summed E-state index contributed by atoms with van der Waals surface area (Å²) in [6, 6.07) is 20.9. The molecule has 2 aromatic rings. The van der Waals surface area contributed by atoms with Crippen molar-refractivity contribution in [3.05, 3.63) is 71.8 Å². The lowest BCUT2D eigenvalue weighted by atomic mass is 9.79. The SMILES string of the molecule is CCB(O)O.CCN.O=C(O)C1CCCCC1CN(Cc1ccccc1)Cc1ccccc1. The second kappa shape index (κ2) is 17.3. The Morgan fingerprint density at radius 3 is 1.76 bits per heavy atom. The zero-order valence-electron chi connectivity index (χ0n) is 20.1. The van der Waals surface area contributed by atoms with Gasteiger partial charge in [0.15, 0.2) is 0 Å². The molecule has 0 aliphatic heterocycles. The predicted molar refractivity (Wildman–Crippen MR) is 135 cm³/mol. The lowest BCUT2D eigenvalue weighted by Crippen LogP contribution is -2.37. The lowest BCUT2D eigenvalue weighted by Gasteiger charge is -2.33. The van der Waals surface area contributed by atoms with E-state index >= 15 is 0 Å². The van der Waals surface area contributed by atoms with E-state index in [1.165, 1.54) is 11.1 Å². The third kappa shape index (κ3) is 12.6. The Labute approximate surface area is 199 Å². The Bertz CT molecular complexity index is 705. The van der Waals surface area contributed by atoms with Crippen molar-refractivity contribution in [2.75, 3.05) is 13.1 Å². The van der Waals surface area contributed by atoms with Crippen LogP contribution >= 0.6 is 0 Å². The second-order valence-corrected chi connectivity index (χ2v) is 8.43. The summed E-state index contributed by atoms with van der Waals surface area (Å²) in [6.07, 6.45) is 4.46. The zero-order valence-corrected chi connectivity index (χ0v) is 20.1. The van der Waals surface area contributed by atoms with Gasteiger partial charge in [-0.1, -0.05) is 87.4 Å². The fourth-order valence-corrected chi connectivity index (χ4v) is 3.95. The Balaban J connectivity index is 0.000000591. The summed E-state index contributed by atoms with van der Waals surface area (Å²) in [5.41, 5.74) is 7.40. The first-order valence-electron chi connectivity index (χ1n) is 12.0. The van der Waals surface area contributed by atoms with Crippen LogP contribution in [-0.2, 0) is 17.9 Å². The highest BCUT2D eigenvalue weighted by Gasteiger charge is 2.31. The number of aliphatic carboxylic acids is 1. The van der Waals surface area contributed by atoms with Gasteiger partial charge in [0.1, 0.15) is 0 Å². The van der Waals surface area contributed by atoms with Gasteiger partial charge in [-0.25, -0.2) is 0 Å². The first-order valence-corrected chi connectivity index (χ1v) is 12.0. The molecule has 3 rings (SSSR count). The van der Waals surface area contributed by atoms with E-state index in [4.69, 9.17) is 15.8 Å². The number of hydrogen-bond donors (Lipinski definition) is 4. The first kappa shape index (κ1) is 28.8. The van der Waals surface area contributed by atoms with Crippen LogP contribution in [0.3, 0.4) is 0 Å². The van der Waals surface area contributed by atoms with E-state index < -0.39 is 13.1 Å². The largest absolute Gasteiger partial charge is 0.481 e. The van der Waals surface area contributed by atoms with Gasteiger partial charge in [-0.05, 0) is 42.8 Å². The van der Waals surface area contributed by atoms with E-state index in [1.807, 2.05) is 19.1 Å². The number of nitrogens with two attached hydrogens (primary N) is 1. The number of hydrogen-bond acceptors (Lipinski definition) is 5. The third-order valence-corrected chi connectivity index (χ3v) is 5.58. The zero-order chi connectivity index (χ0) is 24.5. The maximum absolute atomic E-state index is 11.6. The minimum atomic E-state index is -1.12. The van der Waals surface area contributed by atoms with Gasteiger partial charge in [0.05, 0.1) is 5.92 Å². The Morgan fingerprint density at radius 1 is 0.939 bits per heavy atom. The van der Waals surface area contributed by atoms with Crippen molar-refractivity contribution in [1.29, 1.82) is 0 Å². The molecule has 182 valence electrons. The summed E-state index contributed by atoms with van der Waals surface area (Å²) >= 11 is 0. The highest BCUT2D eigenvalue weighted by molar-refractivity contribution is 6.40. The molecule has 5 N–H and O–H groups in total. The molecule has 33 heavy (non-hydrogen) atoms. The normalized spacial score (nSPS) is 17.3. The minimum Gasteiger partial charge on any atom is -0.481 e. The number of carboxylic acid groups (broad SMARTS) is 1. The summed E-state index contributed by atoms with van der Waals surface area (Å²) in [7, 11) is -1.12. The lowest BCUT2D eigenvalue weighted by molar-refractivity contribution is -0.145. The van der Waals surface area contributed by atoms with Crippen LogP contribution in [0, 0.1) is 11.8 Å². The molecule has 0 saturated heterocycles. The average Bonchev–Trinajstić information content (AvgIpc) is 2.81. The summed E-state index contributed by atoms with van der Waals surface area (Å²) < 4.78 is 0. The average molecular weight is 456 g/mol.